The molecule has 0 fully saturated rings. The summed E-state index contributed by atoms with van der Waals surface area (Å²) in [6.45, 7) is 0.412. The Morgan fingerprint density at radius 2 is 2.00 bits per heavy atom. The molecule has 0 bridgehead atoms. The van der Waals surface area contributed by atoms with Gasteiger partial charge in [-0.2, -0.15) is 0 Å². The molecule has 1 heterocycles. The van der Waals surface area contributed by atoms with E-state index in [1.54, 1.807) is 11.9 Å². The minimum atomic E-state index is -3.13. The Labute approximate surface area is 153 Å². The molecule has 7 nitrogen and oxygen atoms in total. The topological polar surface area (TPSA) is 112 Å². The zero-order valence-electron chi connectivity index (χ0n) is 14.1. The van der Waals surface area contributed by atoms with Crippen LogP contribution in [-0.2, 0) is 4.79 Å². The predicted octanol–water partition coefficient (Wildman–Crippen LogP) is 3.46. The summed E-state index contributed by atoms with van der Waals surface area (Å²) in [5, 5.41) is 7.70. The predicted molar refractivity (Wildman–Crippen MR) is 104 cm³/mol. The van der Waals surface area contributed by atoms with Crippen molar-refractivity contribution in [3.63, 3.8) is 0 Å². The maximum absolute atomic E-state index is 12.3. The number of nitrogens with zero attached hydrogens (tertiary/aromatic N) is 2. The maximum Gasteiger partial charge on any atom is 0.228 e. The van der Waals surface area contributed by atoms with Crippen LogP contribution in [0.3, 0.4) is 0 Å². The molecule has 0 aliphatic carbocycles. The van der Waals surface area contributed by atoms with Crippen molar-refractivity contribution in [1.29, 1.82) is 0 Å². The van der Waals surface area contributed by atoms with E-state index in [2.05, 4.69) is 9.71 Å². The lowest BCUT2D eigenvalue weighted by molar-refractivity contribution is -0.118. The highest BCUT2D eigenvalue weighted by Crippen LogP contribution is 2.27. The van der Waals surface area contributed by atoms with Crippen LogP contribution < -0.4 is 14.8 Å². The van der Waals surface area contributed by atoms with Crippen molar-refractivity contribution in [2.75, 3.05) is 18.5 Å². The number of carbonyl (C=O) groups excluding carboxylic acids is 1. The average Bonchev–Trinajstić information content (AvgIpc) is 3.07. The van der Waals surface area contributed by atoms with Gasteiger partial charge in [0.2, 0.25) is 5.91 Å². The zero-order chi connectivity index (χ0) is 18.3. The van der Waals surface area contributed by atoms with E-state index in [1.807, 2.05) is 35.7 Å². The van der Waals surface area contributed by atoms with Crippen molar-refractivity contribution in [2.24, 2.45) is 5.14 Å². The summed E-state index contributed by atoms with van der Waals surface area (Å²) < 4.78 is 20.4. The maximum atomic E-state index is 12.3. The molecular weight excluding hydrogens is 360 g/mol. The molecule has 0 saturated heterocycles. The summed E-state index contributed by atoms with van der Waals surface area (Å²) in [6.07, 6.45) is 2.68. The van der Waals surface area contributed by atoms with E-state index >= 15 is 0 Å². The van der Waals surface area contributed by atoms with E-state index in [4.69, 9.17) is 14.2 Å². The number of amides is 1. The minimum Gasteiger partial charge on any atom is -0.291 e. The quantitative estimate of drug-likeness (QED) is 0.493. The van der Waals surface area contributed by atoms with Crippen LogP contribution in [0.2, 0.25) is 0 Å². The molecule has 1 aromatic carbocycles. The van der Waals surface area contributed by atoms with Crippen LogP contribution in [0.15, 0.2) is 35.7 Å². The largest absolute Gasteiger partial charge is 0.291 e. The van der Waals surface area contributed by atoms with Gasteiger partial charge >= 0.3 is 0 Å². The summed E-state index contributed by atoms with van der Waals surface area (Å²) in [7, 11) is -1.39. The summed E-state index contributed by atoms with van der Waals surface area (Å²) in [5.74, 6) is 0.0185. The highest BCUT2D eigenvalue weighted by molar-refractivity contribution is 8.20. The van der Waals surface area contributed by atoms with Crippen molar-refractivity contribution >= 4 is 33.3 Å². The van der Waals surface area contributed by atoms with Gasteiger partial charge in [-0.3, -0.25) is 18.8 Å². The second-order valence-electron chi connectivity index (χ2n) is 5.63. The zero-order valence-corrected chi connectivity index (χ0v) is 15.7. The van der Waals surface area contributed by atoms with Crippen LogP contribution in [-0.4, -0.2) is 33.6 Å². The number of rotatable bonds is 9. The lowest BCUT2D eigenvalue weighted by atomic mass is 10.2. The molecule has 0 saturated carbocycles. The number of nitrogens with two attached hydrogens (primary N) is 1. The summed E-state index contributed by atoms with van der Waals surface area (Å²) >= 11 is 1.45. The van der Waals surface area contributed by atoms with Gasteiger partial charge in [-0.1, -0.05) is 47.7 Å². The van der Waals surface area contributed by atoms with E-state index < -0.39 is 11.0 Å². The number of aromatic nitrogens is 1. The molecule has 0 spiro atoms. The molecule has 0 unspecified atom stereocenters. The van der Waals surface area contributed by atoms with Gasteiger partial charge in [-0.25, -0.2) is 14.8 Å². The van der Waals surface area contributed by atoms with Crippen molar-refractivity contribution in [1.82, 2.24) is 9.71 Å². The lowest BCUT2D eigenvalue weighted by Gasteiger charge is -2.26. The second-order valence-corrected chi connectivity index (χ2v) is 7.94. The number of thiazole rings is 1. The molecule has 0 radical (unpaired) electrons. The fourth-order valence-electron chi connectivity index (χ4n) is 2.23. The molecule has 2 rings (SSSR count). The van der Waals surface area contributed by atoms with Gasteiger partial charge in [-0.15, -0.1) is 11.3 Å². The minimum absolute atomic E-state index is 0.0185. The first-order valence-corrected chi connectivity index (χ1v) is 10.4. The Balaban J connectivity index is 1.76. The fraction of sp³-hybridized carbons (Fsp3) is 0.375. The molecular formula is C16H24N4O3S2. The van der Waals surface area contributed by atoms with Gasteiger partial charge in [-0.05, 0) is 12.8 Å². The van der Waals surface area contributed by atoms with E-state index in [0.717, 1.165) is 30.5 Å². The number of anilines is 1. The Morgan fingerprint density at radius 1 is 1.28 bits per heavy atom. The van der Waals surface area contributed by atoms with Crippen LogP contribution >= 0.6 is 22.3 Å². The Hall–Kier alpha value is -1.49. The van der Waals surface area contributed by atoms with Crippen LogP contribution in [0, 0.1) is 0 Å². The molecule has 9 heteroatoms. The van der Waals surface area contributed by atoms with Crippen LogP contribution in [0.25, 0.3) is 11.3 Å². The molecule has 0 aliphatic rings. The molecule has 0 atom stereocenters. The number of carbonyl (C=O) groups is 1. The van der Waals surface area contributed by atoms with E-state index in [1.165, 1.54) is 11.3 Å². The summed E-state index contributed by atoms with van der Waals surface area (Å²) in [6, 6.07) is 9.86. The van der Waals surface area contributed by atoms with E-state index in [9.17, 15) is 4.79 Å². The molecule has 2 aromatic rings. The normalized spacial score (nSPS) is 12.2. The molecule has 138 valence electrons. The molecule has 1 aromatic heterocycles. The first-order chi connectivity index (χ1) is 11.9. The van der Waals surface area contributed by atoms with Gasteiger partial charge in [0.25, 0.3) is 0 Å². The number of hydrogen-bond acceptors (Lipinski definition) is 7. The van der Waals surface area contributed by atoms with Crippen molar-refractivity contribution in [2.45, 2.75) is 25.7 Å². The molecule has 5 N–H and O–H groups in total. The monoisotopic (exact) mass is 384 g/mol. The Bertz CT molecular complexity index is 674. The highest BCUT2D eigenvalue weighted by atomic mass is 32.3. The molecule has 25 heavy (non-hydrogen) atoms. The Morgan fingerprint density at radius 3 is 2.68 bits per heavy atom. The number of hydrogen-bond donors (Lipinski definition) is 4. The average molecular weight is 385 g/mol. The SMILES string of the molecule is CN(C(=O)CCCCCNS(N)(O)O)c1nc(-c2ccccc2)cs1. The third kappa shape index (κ3) is 6.73. The van der Waals surface area contributed by atoms with E-state index in [-0.39, 0.29) is 5.91 Å². The molecule has 1 amide bonds. The second kappa shape index (κ2) is 9.27. The van der Waals surface area contributed by atoms with Gasteiger partial charge in [0.1, 0.15) is 0 Å². The van der Waals surface area contributed by atoms with Gasteiger partial charge in [0.05, 0.1) is 5.69 Å². The van der Waals surface area contributed by atoms with Gasteiger partial charge < -0.3 is 0 Å². The van der Waals surface area contributed by atoms with Crippen molar-refractivity contribution in [3.8, 4) is 11.3 Å². The van der Waals surface area contributed by atoms with Crippen molar-refractivity contribution in [3.05, 3.63) is 35.7 Å². The first kappa shape index (κ1) is 19.8. The highest BCUT2D eigenvalue weighted by Gasteiger charge is 2.14. The van der Waals surface area contributed by atoms with Gasteiger partial charge in [0.15, 0.2) is 5.13 Å². The number of nitrogens with one attached hydrogen (secondary N) is 1. The standard InChI is InChI=1S/C16H24N4O3S2/c1-20(15(21)10-6-3-7-11-18-25(17,22)23)16-19-14(12-24-16)13-8-4-2-5-9-13/h2,4-5,8-9,12,18,22-23H,3,6-7,10-11,17H2,1H3. The van der Waals surface area contributed by atoms with Crippen LogP contribution in [0.1, 0.15) is 25.7 Å². The van der Waals surface area contributed by atoms with Crippen molar-refractivity contribution < 1.29 is 13.9 Å². The number of benzene rings is 1. The lowest BCUT2D eigenvalue weighted by Crippen LogP contribution is -2.27. The first-order valence-electron chi connectivity index (χ1n) is 7.95. The smallest absolute Gasteiger partial charge is 0.228 e. The molecule has 0 aliphatic heterocycles. The van der Waals surface area contributed by atoms with Crippen LogP contribution in [0.5, 0.6) is 0 Å². The van der Waals surface area contributed by atoms with Crippen LogP contribution in [0.4, 0.5) is 5.13 Å². The van der Waals surface area contributed by atoms with E-state index in [0.29, 0.717) is 18.1 Å². The third-order valence-corrected chi connectivity index (χ3v) is 5.15. The summed E-state index contributed by atoms with van der Waals surface area (Å²) in [4.78, 5) is 18.4. The number of unbranched alkanes of at least 4 members (excludes halogenated alkanes) is 2. The fourth-order valence-corrected chi connectivity index (χ4v) is 3.50. The summed E-state index contributed by atoms with van der Waals surface area (Å²) in [5.41, 5.74) is 1.90. The van der Waals surface area contributed by atoms with Gasteiger partial charge in [0, 0.05) is 31.0 Å². The third-order valence-electron chi connectivity index (χ3n) is 3.60. The Kier molecular flexibility index (Phi) is 7.36.